The second kappa shape index (κ2) is 11.0. The lowest BCUT2D eigenvalue weighted by Crippen LogP contribution is -1.88. The summed E-state index contributed by atoms with van der Waals surface area (Å²) in [6, 6.07) is 12.0. The van der Waals surface area contributed by atoms with E-state index in [1.807, 2.05) is 36.4 Å². The van der Waals surface area contributed by atoms with Crippen LogP contribution in [0.2, 0.25) is 0 Å². The predicted octanol–water partition coefficient (Wildman–Crippen LogP) is 4.23. The summed E-state index contributed by atoms with van der Waals surface area (Å²) >= 11 is 0. The highest BCUT2D eigenvalue weighted by atomic mass is 16.1. The number of ketones is 1. The van der Waals surface area contributed by atoms with Crippen LogP contribution in [0, 0.1) is 0 Å². The summed E-state index contributed by atoms with van der Waals surface area (Å²) < 4.78 is 0. The SMILES string of the molecule is CCCCCCC(C)=O.c1ccccc1. The first kappa shape index (κ1) is 13.9. The van der Waals surface area contributed by atoms with Crippen LogP contribution in [-0.4, -0.2) is 5.78 Å². The second-order valence-corrected chi connectivity index (χ2v) is 3.67. The number of carbonyl (C=O) groups excluding carboxylic acids is 1. The molecule has 0 unspecified atom stereocenters. The van der Waals surface area contributed by atoms with Gasteiger partial charge in [0.05, 0.1) is 0 Å². The lowest BCUT2D eigenvalue weighted by atomic mass is 10.1. The molecule has 0 heterocycles. The minimum atomic E-state index is 0.325. The molecule has 1 rings (SSSR count). The van der Waals surface area contributed by atoms with E-state index in [9.17, 15) is 4.79 Å². The zero-order valence-electron chi connectivity index (χ0n) is 9.91. The highest BCUT2D eigenvalue weighted by Gasteiger charge is 1.91. The minimum Gasteiger partial charge on any atom is -0.300 e. The van der Waals surface area contributed by atoms with E-state index in [4.69, 9.17) is 0 Å². The van der Waals surface area contributed by atoms with E-state index < -0.39 is 0 Å². The van der Waals surface area contributed by atoms with Crippen molar-refractivity contribution in [2.75, 3.05) is 0 Å². The summed E-state index contributed by atoms with van der Waals surface area (Å²) in [7, 11) is 0. The average molecular weight is 206 g/mol. The zero-order chi connectivity index (χ0) is 11.4. The molecule has 84 valence electrons. The van der Waals surface area contributed by atoms with Crippen molar-refractivity contribution in [1.29, 1.82) is 0 Å². The summed E-state index contributed by atoms with van der Waals surface area (Å²) in [5.74, 6) is 0.325. The molecule has 0 aliphatic carbocycles. The van der Waals surface area contributed by atoms with Crippen molar-refractivity contribution in [3.05, 3.63) is 36.4 Å². The van der Waals surface area contributed by atoms with E-state index in [1.54, 1.807) is 6.92 Å². The molecule has 15 heavy (non-hydrogen) atoms. The lowest BCUT2D eigenvalue weighted by molar-refractivity contribution is -0.117. The summed E-state index contributed by atoms with van der Waals surface area (Å²) in [6.07, 6.45) is 5.60. The first-order valence-corrected chi connectivity index (χ1v) is 5.76. The molecule has 0 fully saturated rings. The molecule has 1 heteroatoms. The van der Waals surface area contributed by atoms with E-state index in [0.29, 0.717) is 5.78 Å². The van der Waals surface area contributed by atoms with Gasteiger partial charge in [0.2, 0.25) is 0 Å². The van der Waals surface area contributed by atoms with Crippen LogP contribution < -0.4 is 0 Å². The Morgan fingerprint density at radius 2 is 1.33 bits per heavy atom. The van der Waals surface area contributed by atoms with Gasteiger partial charge in [0.25, 0.3) is 0 Å². The number of benzene rings is 1. The second-order valence-electron chi connectivity index (χ2n) is 3.67. The van der Waals surface area contributed by atoms with Crippen LogP contribution in [0.4, 0.5) is 0 Å². The molecule has 1 nitrogen and oxygen atoms in total. The lowest BCUT2D eigenvalue weighted by Gasteiger charge is -1.93. The molecular weight excluding hydrogens is 184 g/mol. The Morgan fingerprint density at radius 3 is 1.67 bits per heavy atom. The van der Waals surface area contributed by atoms with Gasteiger partial charge in [0.15, 0.2) is 0 Å². The molecule has 0 aliphatic heterocycles. The fourth-order valence-corrected chi connectivity index (χ4v) is 1.19. The van der Waals surface area contributed by atoms with E-state index in [2.05, 4.69) is 6.92 Å². The monoisotopic (exact) mass is 206 g/mol. The molecule has 0 aliphatic rings. The Labute approximate surface area is 93.5 Å². The minimum absolute atomic E-state index is 0.325. The van der Waals surface area contributed by atoms with E-state index >= 15 is 0 Å². The van der Waals surface area contributed by atoms with Crippen molar-refractivity contribution >= 4 is 5.78 Å². The Bertz CT molecular complexity index is 202. The van der Waals surface area contributed by atoms with Gasteiger partial charge >= 0.3 is 0 Å². The first-order valence-electron chi connectivity index (χ1n) is 5.76. The van der Waals surface area contributed by atoms with Gasteiger partial charge in [0.1, 0.15) is 5.78 Å². The Hall–Kier alpha value is -1.11. The quantitative estimate of drug-likeness (QED) is 0.659. The zero-order valence-corrected chi connectivity index (χ0v) is 9.91. The van der Waals surface area contributed by atoms with E-state index in [1.165, 1.54) is 19.3 Å². The third kappa shape index (κ3) is 12.9. The van der Waals surface area contributed by atoms with Crippen molar-refractivity contribution in [3.63, 3.8) is 0 Å². The largest absolute Gasteiger partial charge is 0.300 e. The average Bonchev–Trinajstić information content (AvgIpc) is 2.28. The summed E-state index contributed by atoms with van der Waals surface area (Å²) in [5.41, 5.74) is 0. The number of carbonyl (C=O) groups is 1. The van der Waals surface area contributed by atoms with Gasteiger partial charge in [-0.05, 0) is 13.3 Å². The normalized spacial score (nSPS) is 8.93. The maximum Gasteiger partial charge on any atom is 0.129 e. The molecular formula is C14H22O. The molecule has 0 saturated heterocycles. The molecule has 0 saturated carbocycles. The topological polar surface area (TPSA) is 17.1 Å². The molecule has 0 aromatic heterocycles. The van der Waals surface area contributed by atoms with Gasteiger partial charge in [-0.15, -0.1) is 0 Å². The van der Waals surface area contributed by atoms with Crippen LogP contribution in [0.3, 0.4) is 0 Å². The predicted molar refractivity (Wildman–Crippen MR) is 65.9 cm³/mol. The molecule has 0 radical (unpaired) electrons. The fourth-order valence-electron chi connectivity index (χ4n) is 1.19. The number of Topliss-reactive ketones (excluding diaryl/α,β-unsaturated/α-hetero) is 1. The molecule has 0 N–H and O–H groups in total. The number of rotatable bonds is 5. The van der Waals surface area contributed by atoms with Crippen molar-refractivity contribution in [3.8, 4) is 0 Å². The maximum atomic E-state index is 10.4. The van der Waals surface area contributed by atoms with E-state index in [-0.39, 0.29) is 0 Å². The van der Waals surface area contributed by atoms with Crippen LogP contribution >= 0.6 is 0 Å². The van der Waals surface area contributed by atoms with Crippen molar-refractivity contribution < 1.29 is 4.79 Å². The van der Waals surface area contributed by atoms with Crippen molar-refractivity contribution in [2.45, 2.75) is 46.0 Å². The van der Waals surface area contributed by atoms with Crippen molar-refractivity contribution in [1.82, 2.24) is 0 Å². The number of hydrogen-bond acceptors (Lipinski definition) is 1. The summed E-state index contributed by atoms with van der Waals surface area (Å²) in [5, 5.41) is 0. The highest BCUT2D eigenvalue weighted by molar-refractivity contribution is 5.75. The van der Waals surface area contributed by atoms with Crippen LogP contribution in [0.15, 0.2) is 36.4 Å². The Kier molecular flexibility index (Phi) is 10.2. The van der Waals surface area contributed by atoms with Gasteiger partial charge in [0, 0.05) is 6.42 Å². The first-order chi connectivity index (χ1) is 7.27. The van der Waals surface area contributed by atoms with Gasteiger partial charge < -0.3 is 4.79 Å². The maximum absolute atomic E-state index is 10.4. The highest BCUT2D eigenvalue weighted by Crippen LogP contribution is 2.01. The number of unbranched alkanes of at least 4 members (excludes halogenated alkanes) is 3. The summed E-state index contributed by atoms with van der Waals surface area (Å²) in [4.78, 5) is 10.4. The number of hydrogen-bond donors (Lipinski definition) is 0. The molecule has 0 atom stereocenters. The summed E-state index contributed by atoms with van der Waals surface area (Å²) in [6.45, 7) is 3.83. The Balaban J connectivity index is 0.000000280. The van der Waals surface area contributed by atoms with E-state index in [0.717, 1.165) is 12.8 Å². The van der Waals surface area contributed by atoms with Gasteiger partial charge in [-0.25, -0.2) is 0 Å². The standard InChI is InChI=1S/C8H16O.C6H6/c1-3-4-5-6-7-8(2)9;1-2-4-6-5-3-1/h3-7H2,1-2H3;1-6H. The van der Waals surface area contributed by atoms with Crippen LogP contribution in [0.1, 0.15) is 46.0 Å². The molecule has 0 amide bonds. The Morgan fingerprint density at radius 1 is 0.867 bits per heavy atom. The molecule has 1 aromatic rings. The smallest absolute Gasteiger partial charge is 0.129 e. The van der Waals surface area contributed by atoms with Gasteiger partial charge in [-0.1, -0.05) is 62.6 Å². The van der Waals surface area contributed by atoms with Crippen LogP contribution in [0.25, 0.3) is 0 Å². The molecule has 0 bridgehead atoms. The third-order valence-corrected chi connectivity index (χ3v) is 2.05. The van der Waals surface area contributed by atoms with Gasteiger partial charge in [-0.3, -0.25) is 0 Å². The molecule has 1 aromatic carbocycles. The molecule has 0 spiro atoms. The van der Waals surface area contributed by atoms with Gasteiger partial charge in [-0.2, -0.15) is 0 Å². The van der Waals surface area contributed by atoms with Crippen molar-refractivity contribution in [2.24, 2.45) is 0 Å². The van der Waals surface area contributed by atoms with Crippen LogP contribution in [-0.2, 0) is 4.79 Å². The van der Waals surface area contributed by atoms with Crippen LogP contribution in [0.5, 0.6) is 0 Å². The third-order valence-electron chi connectivity index (χ3n) is 2.05. The fraction of sp³-hybridized carbons (Fsp3) is 0.500.